The number of fused-ring (bicyclic) bond motifs is 6. The molecule has 5 aromatic rings. The highest BCUT2D eigenvalue weighted by Gasteiger charge is 2.33. The summed E-state index contributed by atoms with van der Waals surface area (Å²) in [4.78, 5) is 29.3. The third kappa shape index (κ3) is 7.45. The molecule has 0 fully saturated rings. The Morgan fingerprint density at radius 1 is 0.745 bits per heavy atom. The molecule has 2 heterocycles. The van der Waals surface area contributed by atoms with E-state index in [2.05, 4.69) is 46.9 Å². The third-order valence-corrected chi connectivity index (χ3v) is 8.05. The summed E-state index contributed by atoms with van der Waals surface area (Å²) < 4.78 is 30.0. The number of benzene rings is 4. The average molecular weight is 746 g/mol. The van der Waals surface area contributed by atoms with Crippen LogP contribution in [0.5, 0.6) is 23.1 Å². The molecule has 1 unspecified atom stereocenters. The second kappa shape index (κ2) is 12.7. The molecule has 0 saturated heterocycles. The number of nitrogens with zero attached hydrogens (tertiary/aromatic N) is 1. The van der Waals surface area contributed by atoms with Crippen molar-refractivity contribution < 1.29 is 33.3 Å². The summed E-state index contributed by atoms with van der Waals surface area (Å²) in [5.41, 5.74) is 1.87. The first-order valence-corrected chi connectivity index (χ1v) is 16.4. The van der Waals surface area contributed by atoms with Gasteiger partial charge in [-0.2, -0.15) is 0 Å². The van der Waals surface area contributed by atoms with E-state index in [9.17, 15) is 9.59 Å². The van der Waals surface area contributed by atoms with E-state index in [0.717, 1.165) is 47.6 Å². The maximum absolute atomic E-state index is 12.3. The second-order valence-corrected chi connectivity index (χ2v) is 14.7. The van der Waals surface area contributed by atoms with Gasteiger partial charge in [0.15, 0.2) is 13.2 Å². The van der Waals surface area contributed by atoms with Gasteiger partial charge in [-0.05, 0) is 128 Å². The molecule has 0 spiro atoms. The Hall–Kier alpha value is -4.38. The number of carbonyl (C=O) groups excluding carboxylic acids is 2. The minimum Gasteiger partial charge on any atom is -0.482 e. The number of pyridine rings is 1. The molecule has 1 aliphatic rings. The molecule has 4 aromatic carbocycles. The lowest BCUT2D eigenvalue weighted by atomic mass is 9.79. The van der Waals surface area contributed by atoms with Crippen molar-refractivity contribution >= 4 is 56.1 Å². The first-order valence-electron chi connectivity index (χ1n) is 15.4. The molecule has 0 saturated carbocycles. The van der Waals surface area contributed by atoms with E-state index in [1.807, 2.05) is 90.1 Å². The molecule has 0 amide bonds. The summed E-state index contributed by atoms with van der Waals surface area (Å²) in [5.74, 6) is 1.30. The Bertz CT molecular complexity index is 1890. The van der Waals surface area contributed by atoms with Gasteiger partial charge in [-0.25, -0.2) is 14.6 Å². The first-order chi connectivity index (χ1) is 22.2. The van der Waals surface area contributed by atoms with E-state index in [0.29, 0.717) is 17.4 Å². The highest BCUT2D eigenvalue weighted by Crippen LogP contribution is 2.51. The second-order valence-electron chi connectivity index (χ2n) is 13.4. The maximum Gasteiger partial charge on any atom is 0.344 e. The Labute approximate surface area is 287 Å². The van der Waals surface area contributed by atoms with Crippen molar-refractivity contribution in [1.82, 2.24) is 4.98 Å². The molecule has 0 bridgehead atoms. The zero-order chi connectivity index (χ0) is 33.5. The van der Waals surface area contributed by atoms with Gasteiger partial charge in [0.05, 0.1) is 0 Å². The van der Waals surface area contributed by atoms with Gasteiger partial charge in [0.2, 0.25) is 5.88 Å². The molecule has 242 valence electrons. The fourth-order valence-electron chi connectivity index (χ4n) is 5.74. The zero-order valence-electron chi connectivity index (χ0n) is 27.2. The molecular formula is C38H36INO7. The molecule has 6 rings (SSSR count). The van der Waals surface area contributed by atoms with Gasteiger partial charge in [-0.15, -0.1) is 0 Å². The Balaban J connectivity index is 1.39. The van der Waals surface area contributed by atoms with Crippen LogP contribution in [0.25, 0.3) is 21.5 Å². The molecule has 1 aliphatic heterocycles. The van der Waals surface area contributed by atoms with E-state index < -0.39 is 23.1 Å². The topological polar surface area (TPSA) is 93.2 Å². The van der Waals surface area contributed by atoms with E-state index in [1.165, 1.54) is 0 Å². The Kier molecular flexibility index (Phi) is 8.78. The number of ether oxygens (including phenoxy) is 5. The monoisotopic (exact) mass is 745 g/mol. The van der Waals surface area contributed by atoms with E-state index in [4.69, 9.17) is 28.7 Å². The first kappa shape index (κ1) is 32.6. The minimum atomic E-state index is -0.591. The van der Waals surface area contributed by atoms with Crippen molar-refractivity contribution in [3.63, 3.8) is 0 Å². The summed E-state index contributed by atoms with van der Waals surface area (Å²) in [6.07, 6.45) is 1.76. The highest BCUT2D eigenvalue weighted by molar-refractivity contribution is 14.1. The van der Waals surface area contributed by atoms with Gasteiger partial charge in [0.1, 0.15) is 28.5 Å². The van der Waals surface area contributed by atoms with Gasteiger partial charge < -0.3 is 23.7 Å². The lowest BCUT2D eigenvalue weighted by Gasteiger charge is -2.30. The molecule has 0 radical (unpaired) electrons. The largest absolute Gasteiger partial charge is 0.482 e. The van der Waals surface area contributed by atoms with Crippen molar-refractivity contribution in [2.45, 2.75) is 58.7 Å². The number of aromatic nitrogens is 1. The maximum atomic E-state index is 12.3. The van der Waals surface area contributed by atoms with Crippen LogP contribution in [0.4, 0.5) is 0 Å². The van der Waals surface area contributed by atoms with Gasteiger partial charge in [-0.3, -0.25) is 0 Å². The van der Waals surface area contributed by atoms with Gasteiger partial charge in [0.25, 0.3) is 0 Å². The SMILES string of the molecule is CC(C)(C)OC(=O)COc1ccc2c3c(ccc2c1)Oc1ncc2cc(OCC(=O)OC(C)(C)C)ccc2c1C3c1cccc(I)c1. The van der Waals surface area contributed by atoms with Crippen LogP contribution in [0.2, 0.25) is 0 Å². The fraction of sp³-hybridized carbons (Fsp3) is 0.289. The molecule has 0 N–H and O–H groups in total. The van der Waals surface area contributed by atoms with Gasteiger partial charge >= 0.3 is 11.9 Å². The van der Waals surface area contributed by atoms with Crippen molar-refractivity contribution in [1.29, 1.82) is 0 Å². The lowest BCUT2D eigenvalue weighted by molar-refractivity contribution is -0.158. The Morgan fingerprint density at radius 3 is 1.94 bits per heavy atom. The Morgan fingerprint density at radius 2 is 1.34 bits per heavy atom. The number of rotatable bonds is 7. The molecule has 47 heavy (non-hydrogen) atoms. The van der Waals surface area contributed by atoms with E-state index in [-0.39, 0.29) is 19.1 Å². The van der Waals surface area contributed by atoms with Crippen LogP contribution < -0.4 is 14.2 Å². The quantitative estimate of drug-likeness (QED) is 0.118. The van der Waals surface area contributed by atoms with Crippen LogP contribution in [-0.2, 0) is 19.1 Å². The van der Waals surface area contributed by atoms with Crippen LogP contribution >= 0.6 is 22.6 Å². The number of esters is 2. The molecule has 1 atom stereocenters. The number of carbonyl (C=O) groups is 2. The number of hydrogen-bond donors (Lipinski definition) is 0. The van der Waals surface area contributed by atoms with Crippen LogP contribution in [-0.4, -0.2) is 41.3 Å². The standard InChI is InChI=1S/C38H36INO7/c1-37(2,3)46-31(41)20-43-26-11-13-28-22(17-26)10-15-30-34(28)33(23-8-7-9-25(39)16-23)35-29-14-12-27(18-24(29)19-40-36(35)45-30)44-21-32(42)47-38(4,5)6/h7-19,33H,20-21H2,1-6H3. The normalized spacial score (nSPS) is 14.1. The predicted molar refractivity (Wildman–Crippen MR) is 189 cm³/mol. The van der Waals surface area contributed by atoms with E-state index >= 15 is 0 Å². The smallest absolute Gasteiger partial charge is 0.344 e. The fourth-order valence-corrected chi connectivity index (χ4v) is 6.31. The lowest BCUT2D eigenvalue weighted by Crippen LogP contribution is -2.27. The molecule has 1 aromatic heterocycles. The van der Waals surface area contributed by atoms with Crippen LogP contribution in [0.15, 0.2) is 79.0 Å². The summed E-state index contributed by atoms with van der Waals surface area (Å²) in [7, 11) is 0. The van der Waals surface area contributed by atoms with Gasteiger partial charge in [-0.1, -0.05) is 30.3 Å². The van der Waals surface area contributed by atoms with Crippen molar-refractivity contribution in [2.75, 3.05) is 13.2 Å². The summed E-state index contributed by atoms with van der Waals surface area (Å²) in [5, 5.41) is 3.75. The molecule has 8 nitrogen and oxygen atoms in total. The number of halogens is 1. The average Bonchev–Trinajstić information content (AvgIpc) is 2.99. The van der Waals surface area contributed by atoms with Crippen molar-refractivity contribution in [2.24, 2.45) is 0 Å². The summed E-state index contributed by atoms with van der Waals surface area (Å²) >= 11 is 2.33. The molecule has 9 heteroatoms. The van der Waals surface area contributed by atoms with E-state index in [1.54, 1.807) is 6.20 Å². The summed E-state index contributed by atoms with van der Waals surface area (Å²) in [6.45, 7) is 10.6. The van der Waals surface area contributed by atoms with Gasteiger partial charge in [0, 0.05) is 32.2 Å². The molecular weight excluding hydrogens is 709 g/mol. The minimum absolute atomic E-state index is 0.184. The third-order valence-electron chi connectivity index (χ3n) is 7.38. The van der Waals surface area contributed by atoms with Crippen LogP contribution in [0.1, 0.15) is 64.2 Å². The summed E-state index contributed by atoms with van der Waals surface area (Å²) in [6, 6.07) is 23.9. The zero-order valence-corrected chi connectivity index (χ0v) is 29.3. The molecule has 0 aliphatic carbocycles. The highest BCUT2D eigenvalue weighted by atomic mass is 127. The number of hydrogen-bond acceptors (Lipinski definition) is 8. The van der Waals surface area contributed by atoms with Crippen LogP contribution in [0, 0.1) is 3.57 Å². The van der Waals surface area contributed by atoms with Crippen LogP contribution in [0.3, 0.4) is 0 Å². The van der Waals surface area contributed by atoms with Crippen molar-refractivity contribution in [3.05, 3.63) is 99.3 Å². The van der Waals surface area contributed by atoms with Crippen molar-refractivity contribution in [3.8, 4) is 23.1 Å². The predicted octanol–water partition coefficient (Wildman–Crippen LogP) is 8.72.